The van der Waals surface area contributed by atoms with E-state index in [0.29, 0.717) is 13.0 Å². The number of carbonyl (C=O) groups is 1. The van der Waals surface area contributed by atoms with Crippen LogP contribution in [0, 0.1) is 0 Å². The number of esters is 1. The Kier molecular flexibility index (Phi) is 4.72. The van der Waals surface area contributed by atoms with Crippen molar-refractivity contribution in [3.63, 3.8) is 0 Å². The Bertz CT molecular complexity index is 520. The van der Waals surface area contributed by atoms with Crippen molar-refractivity contribution in [2.45, 2.75) is 26.2 Å². The minimum absolute atomic E-state index is 0.138. The van der Waals surface area contributed by atoms with Crippen LogP contribution in [-0.2, 0) is 16.0 Å². The molecule has 0 atom stereocenters. The van der Waals surface area contributed by atoms with Crippen LogP contribution < -0.4 is 0 Å². The van der Waals surface area contributed by atoms with E-state index >= 15 is 0 Å². The Labute approximate surface area is 112 Å². The third-order valence-corrected chi connectivity index (χ3v) is 2.88. The number of hydrogen-bond acceptors (Lipinski definition) is 4. The highest BCUT2D eigenvalue weighted by atomic mass is 16.5. The van der Waals surface area contributed by atoms with Gasteiger partial charge in [-0.1, -0.05) is 0 Å². The van der Waals surface area contributed by atoms with Gasteiger partial charge in [0.15, 0.2) is 0 Å². The van der Waals surface area contributed by atoms with Crippen LogP contribution in [0.2, 0.25) is 0 Å². The van der Waals surface area contributed by atoms with Crippen LogP contribution in [0.5, 0.6) is 0 Å². The van der Waals surface area contributed by atoms with Gasteiger partial charge in [-0.25, -0.2) is 0 Å². The van der Waals surface area contributed by atoms with Gasteiger partial charge in [-0.05, 0) is 37.5 Å². The molecule has 0 aromatic carbocycles. The van der Waals surface area contributed by atoms with Crippen molar-refractivity contribution in [1.82, 2.24) is 4.98 Å². The van der Waals surface area contributed by atoms with Crippen molar-refractivity contribution in [1.29, 1.82) is 0 Å². The van der Waals surface area contributed by atoms with Gasteiger partial charge in [-0.2, -0.15) is 0 Å². The second-order valence-electron chi connectivity index (χ2n) is 4.20. The first-order valence-electron chi connectivity index (χ1n) is 6.42. The van der Waals surface area contributed by atoms with E-state index in [0.717, 1.165) is 24.0 Å². The molecular weight excluding hydrogens is 242 g/mol. The number of furan rings is 1. The Morgan fingerprint density at radius 1 is 1.42 bits per heavy atom. The monoisotopic (exact) mass is 259 g/mol. The Hall–Kier alpha value is -2.10. The normalized spacial score (nSPS) is 10.4. The maximum Gasteiger partial charge on any atom is 0.305 e. The molecule has 0 saturated carbocycles. The summed E-state index contributed by atoms with van der Waals surface area (Å²) in [5.41, 5.74) is 3.24. The zero-order chi connectivity index (χ0) is 13.5. The SMILES string of the molecule is CCOC(=O)CCCc1ccncc1-c1ccoc1. The molecule has 0 saturated heterocycles. The van der Waals surface area contributed by atoms with E-state index in [1.54, 1.807) is 18.7 Å². The molecule has 0 aliphatic heterocycles. The molecule has 0 bridgehead atoms. The van der Waals surface area contributed by atoms with E-state index in [1.165, 1.54) is 5.56 Å². The molecule has 0 unspecified atom stereocenters. The number of rotatable bonds is 6. The number of aromatic nitrogens is 1. The number of nitrogens with zero attached hydrogens (tertiary/aromatic N) is 1. The summed E-state index contributed by atoms with van der Waals surface area (Å²) in [6.45, 7) is 2.26. The Morgan fingerprint density at radius 2 is 2.32 bits per heavy atom. The first-order valence-corrected chi connectivity index (χ1v) is 6.42. The van der Waals surface area contributed by atoms with Crippen LogP contribution in [0.25, 0.3) is 11.1 Å². The Morgan fingerprint density at radius 3 is 3.05 bits per heavy atom. The van der Waals surface area contributed by atoms with Crippen molar-refractivity contribution < 1.29 is 13.9 Å². The molecule has 2 heterocycles. The van der Waals surface area contributed by atoms with E-state index < -0.39 is 0 Å². The van der Waals surface area contributed by atoms with Gasteiger partial charge < -0.3 is 9.15 Å². The predicted octanol–water partition coefficient (Wildman–Crippen LogP) is 3.23. The van der Waals surface area contributed by atoms with Crippen molar-refractivity contribution in [3.05, 3.63) is 42.6 Å². The topological polar surface area (TPSA) is 52.3 Å². The second kappa shape index (κ2) is 6.73. The van der Waals surface area contributed by atoms with E-state index in [9.17, 15) is 4.79 Å². The fraction of sp³-hybridized carbons (Fsp3) is 0.333. The predicted molar refractivity (Wildman–Crippen MR) is 71.5 cm³/mol. The molecule has 0 radical (unpaired) electrons. The maximum absolute atomic E-state index is 11.3. The standard InChI is InChI=1S/C15H17NO3/c1-2-19-15(17)5-3-4-12-6-8-16-10-14(12)13-7-9-18-11-13/h6-11H,2-5H2,1H3. The van der Waals surface area contributed by atoms with Gasteiger partial charge in [0, 0.05) is 29.9 Å². The lowest BCUT2D eigenvalue weighted by molar-refractivity contribution is -0.143. The molecule has 2 aromatic rings. The minimum Gasteiger partial charge on any atom is -0.472 e. The summed E-state index contributed by atoms with van der Waals surface area (Å²) in [6, 6.07) is 3.89. The molecule has 0 N–H and O–H groups in total. The summed E-state index contributed by atoms with van der Waals surface area (Å²) in [5.74, 6) is -0.138. The number of ether oxygens (including phenoxy) is 1. The first-order chi connectivity index (χ1) is 9.31. The van der Waals surface area contributed by atoms with Gasteiger partial charge in [0.1, 0.15) is 0 Å². The highest BCUT2D eigenvalue weighted by Gasteiger charge is 2.08. The van der Waals surface area contributed by atoms with E-state index in [1.807, 2.05) is 25.3 Å². The summed E-state index contributed by atoms with van der Waals surface area (Å²) in [4.78, 5) is 15.4. The van der Waals surface area contributed by atoms with Gasteiger partial charge in [-0.3, -0.25) is 9.78 Å². The molecule has 0 spiro atoms. The van der Waals surface area contributed by atoms with Crippen molar-refractivity contribution >= 4 is 5.97 Å². The van der Waals surface area contributed by atoms with E-state index in [-0.39, 0.29) is 5.97 Å². The molecule has 0 fully saturated rings. The van der Waals surface area contributed by atoms with Gasteiger partial charge in [-0.15, -0.1) is 0 Å². The van der Waals surface area contributed by atoms with Gasteiger partial charge in [0.25, 0.3) is 0 Å². The van der Waals surface area contributed by atoms with Gasteiger partial charge in [0.2, 0.25) is 0 Å². The van der Waals surface area contributed by atoms with Crippen molar-refractivity contribution in [3.8, 4) is 11.1 Å². The zero-order valence-electron chi connectivity index (χ0n) is 11.0. The molecule has 0 amide bonds. The number of aryl methyl sites for hydroxylation is 1. The molecular formula is C15H17NO3. The molecule has 0 aliphatic carbocycles. The van der Waals surface area contributed by atoms with E-state index in [2.05, 4.69) is 4.98 Å². The van der Waals surface area contributed by atoms with Crippen LogP contribution in [0.1, 0.15) is 25.3 Å². The van der Waals surface area contributed by atoms with Crippen molar-refractivity contribution in [2.24, 2.45) is 0 Å². The summed E-state index contributed by atoms with van der Waals surface area (Å²) in [5, 5.41) is 0. The number of hydrogen-bond donors (Lipinski definition) is 0. The van der Waals surface area contributed by atoms with Crippen LogP contribution in [0.3, 0.4) is 0 Å². The molecule has 4 nitrogen and oxygen atoms in total. The smallest absolute Gasteiger partial charge is 0.305 e. The van der Waals surface area contributed by atoms with Crippen LogP contribution in [0.15, 0.2) is 41.5 Å². The summed E-state index contributed by atoms with van der Waals surface area (Å²) >= 11 is 0. The third-order valence-electron chi connectivity index (χ3n) is 2.88. The molecule has 19 heavy (non-hydrogen) atoms. The van der Waals surface area contributed by atoms with Crippen molar-refractivity contribution in [2.75, 3.05) is 6.61 Å². The molecule has 2 rings (SSSR count). The lowest BCUT2D eigenvalue weighted by Gasteiger charge is -2.07. The fourth-order valence-corrected chi connectivity index (χ4v) is 1.98. The quantitative estimate of drug-likeness (QED) is 0.747. The molecule has 4 heteroatoms. The van der Waals surface area contributed by atoms with Gasteiger partial charge in [0.05, 0.1) is 19.1 Å². The van der Waals surface area contributed by atoms with Crippen LogP contribution in [0.4, 0.5) is 0 Å². The van der Waals surface area contributed by atoms with Gasteiger partial charge >= 0.3 is 5.97 Å². The lowest BCUT2D eigenvalue weighted by Crippen LogP contribution is -2.04. The lowest BCUT2D eigenvalue weighted by atomic mass is 10.0. The molecule has 100 valence electrons. The average molecular weight is 259 g/mol. The highest BCUT2D eigenvalue weighted by Crippen LogP contribution is 2.24. The average Bonchev–Trinajstić information content (AvgIpc) is 2.93. The van der Waals surface area contributed by atoms with Crippen LogP contribution in [-0.4, -0.2) is 17.6 Å². The summed E-state index contributed by atoms with van der Waals surface area (Å²) < 4.78 is 10.0. The van der Waals surface area contributed by atoms with Crippen LogP contribution >= 0.6 is 0 Å². The largest absolute Gasteiger partial charge is 0.472 e. The number of carbonyl (C=O) groups excluding carboxylic acids is 1. The van der Waals surface area contributed by atoms with E-state index in [4.69, 9.17) is 9.15 Å². The third kappa shape index (κ3) is 3.68. The highest BCUT2D eigenvalue weighted by molar-refractivity contribution is 5.69. The summed E-state index contributed by atoms with van der Waals surface area (Å²) in [7, 11) is 0. The summed E-state index contributed by atoms with van der Waals surface area (Å²) in [6.07, 6.45) is 8.97. The fourth-order valence-electron chi connectivity index (χ4n) is 1.98. The maximum atomic E-state index is 11.3. The molecule has 2 aromatic heterocycles. The zero-order valence-corrected chi connectivity index (χ0v) is 11.0. The Balaban J connectivity index is 1.99. The second-order valence-corrected chi connectivity index (χ2v) is 4.20. The first kappa shape index (κ1) is 13.3. The molecule has 0 aliphatic rings. The number of pyridine rings is 1. The minimum atomic E-state index is -0.138.